The maximum absolute atomic E-state index is 10.2. The molecular formula is C16H13BrO2. The molecule has 1 aliphatic carbocycles. The first-order chi connectivity index (χ1) is 9.24. The molecule has 1 N–H and O–H groups in total. The van der Waals surface area contributed by atoms with Crippen molar-refractivity contribution >= 4 is 37.7 Å². The van der Waals surface area contributed by atoms with Crippen LogP contribution < -0.4 is 0 Å². The highest BCUT2D eigenvalue weighted by molar-refractivity contribution is 9.10. The van der Waals surface area contributed by atoms with Gasteiger partial charge in [0.25, 0.3) is 0 Å². The molecule has 1 heterocycles. The molecule has 1 atom stereocenters. The maximum Gasteiger partial charge on any atom is 0.149 e. The molecule has 96 valence electrons. The molecular weight excluding hydrogens is 304 g/mol. The van der Waals surface area contributed by atoms with Gasteiger partial charge in [0.05, 0.1) is 4.47 Å². The molecule has 0 aliphatic heterocycles. The van der Waals surface area contributed by atoms with Gasteiger partial charge in [-0.3, -0.25) is 0 Å². The van der Waals surface area contributed by atoms with Gasteiger partial charge in [0.2, 0.25) is 0 Å². The molecule has 1 aromatic heterocycles. The summed E-state index contributed by atoms with van der Waals surface area (Å²) in [6.45, 7) is 0. The van der Waals surface area contributed by atoms with Crippen LogP contribution in [0.25, 0.3) is 21.7 Å². The molecule has 0 bridgehead atoms. The zero-order valence-corrected chi connectivity index (χ0v) is 11.9. The number of aliphatic hydroxyl groups excluding tert-OH is 1. The smallest absolute Gasteiger partial charge is 0.149 e. The van der Waals surface area contributed by atoms with E-state index < -0.39 is 6.10 Å². The molecule has 3 heteroatoms. The second kappa shape index (κ2) is 4.09. The van der Waals surface area contributed by atoms with E-state index in [9.17, 15) is 5.11 Å². The molecule has 19 heavy (non-hydrogen) atoms. The van der Waals surface area contributed by atoms with Crippen LogP contribution in [0.4, 0.5) is 0 Å². The van der Waals surface area contributed by atoms with Crippen LogP contribution in [0.5, 0.6) is 0 Å². The molecule has 1 saturated carbocycles. The van der Waals surface area contributed by atoms with Crippen molar-refractivity contribution in [2.24, 2.45) is 5.92 Å². The lowest BCUT2D eigenvalue weighted by atomic mass is 10.1. The van der Waals surface area contributed by atoms with Gasteiger partial charge in [-0.2, -0.15) is 0 Å². The lowest BCUT2D eigenvalue weighted by molar-refractivity contribution is 0.129. The summed E-state index contributed by atoms with van der Waals surface area (Å²) in [4.78, 5) is 0. The Hall–Kier alpha value is -1.32. The minimum Gasteiger partial charge on any atom is -0.457 e. The first kappa shape index (κ1) is 11.5. The Morgan fingerprint density at radius 2 is 1.95 bits per heavy atom. The van der Waals surface area contributed by atoms with Crippen LogP contribution >= 0.6 is 15.9 Å². The van der Waals surface area contributed by atoms with E-state index in [4.69, 9.17) is 4.42 Å². The van der Waals surface area contributed by atoms with Gasteiger partial charge >= 0.3 is 0 Å². The third-order valence-electron chi connectivity index (χ3n) is 3.85. The largest absolute Gasteiger partial charge is 0.457 e. The van der Waals surface area contributed by atoms with E-state index in [2.05, 4.69) is 34.1 Å². The highest BCUT2D eigenvalue weighted by Crippen LogP contribution is 2.43. The van der Waals surface area contributed by atoms with E-state index >= 15 is 0 Å². The fraction of sp³-hybridized carbons (Fsp3) is 0.250. The first-order valence-corrected chi connectivity index (χ1v) is 7.32. The third kappa shape index (κ3) is 1.80. The fourth-order valence-corrected chi connectivity index (χ4v) is 3.28. The highest BCUT2D eigenvalue weighted by Gasteiger charge is 2.33. The van der Waals surface area contributed by atoms with E-state index in [0.717, 1.165) is 33.7 Å². The number of aliphatic hydroxyl groups is 1. The Morgan fingerprint density at radius 3 is 2.74 bits per heavy atom. The van der Waals surface area contributed by atoms with Crippen molar-refractivity contribution in [3.63, 3.8) is 0 Å². The van der Waals surface area contributed by atoms with Crippen LogP contribution in [0.3, 0.4) is 0 Å². The van der Waals surface area contributed by atoms with Crippen molar-refractivity contribution in [3.05, 3.63) is 46.6 Å². The number of hydrogen-bond acceptors (Lipinski definition) is 2. The van der Waals surface area contributed by atoms with Crippen molar-refractivity contribution in [1.82, 2.24) is 0 Å². The predicted molar refractivity (Wildman–Crippen MR) is 79.1 cm³/mol. The predicted octanol–water partition coefficient (Wildman–Crippen LogP) is 4.79. The van der Waals surface area contributed by atoms with Gasteiger partial charge in [-0.25, -0.2) is 0 Å². The zero-order chi connectivity index (χ0) is 13.0. The second-order valence-corrected chi connectivity index (χ2v) is 6.05. The van der Waals surface area contributed by atoms with Crippen molar-refractivity contribution in [2.45, 2.75) is 18.9 Å². The van der Waals surface area contributed by atoms with Crippen LogP contribution in [0.15, 0.2) is 45.3 Å². The number of rotatable bonds is 2. The Morgan fingerprint density at radius 1 is 1.16 bits per heavy atom. The molecule has 0 radical (unpaired) electrons. The molecule has 1 unspecified atom stereocenters. The Balaban J connectivity index is 1.96. The number of hydrogen-bond donors (Lipinski definition) is 1. The Bertz CT molecular complexity index is 771. The number of fused-ring (bicyclic) bond motifs is 2. The molecule has 3 aromatic rings. The van der Waals surface area contributed by atoms with E-state index in [-0.39, 0.29) is 0 Å². The average Bonchev–Trinajstić information content (AvgIpc) is 3.18. The van der Waals surface area contributed by atoms with Crippen molar-refractivity contribution < 1.29 is 9.52 Å². The zero-order valence-electron chi connectivity index (χ0n) is 10.3. The van der Waals surface area contributed by atoms with E-state index in [1.54, 1.807) is 0 Å². The molecule has 0 spiro atoms. The Labute approximate surface area is 119 Å². The minimum absolute atomic E-state index is 0.383. The highest BCUT2D eigenvalue weighted by atomic mass is 79.9. The van der Waals surface area contributed by atoms with Crippen LogP contribution in [0.1, 0.15) is 24.7 Å². The van der Waals surface area contributed by atoms with Gasteiger partial charge in [-0.15, -0.1) is 0 Å². The normalized spacial score (nSPS) is 17.2. The summed E-state index contributed by atoms with van der Waals surface area (Å²) in [6, 6.07) is 12.3. The van der Waals surface area contributed by atoms with Crippen LogP contribution in [-0.2, 0) is 0 Å². The summed E-state index contributed by atoms with van der Waals surface area (Å²) in [7, 11) is 0. The lowest BCUT2D eigenvalue weighted by Crippen LogP contribution is -1.96. The quantitative estimate of drug-likeness (QED) is 0.737. The number of furan rings is 1. The van der Waals surface area contributed by atoms with Gasteiger partial charge in [0.1, 0.15) is 17.4 Å². The Kier molecular flexibility index (Phi) is 2.47. The van der Waals surface area contributed by atoms with E-state index in [1.807, 2.05) is 18.2 Å². The van der Waals surface area contributed by atoms with Crippen molar-refractivity contribution in [2.75, 3.05) is 0 Å². The standard InChI is InChI=1S/C16H13BrO2/c17-14-12-4-2-1-3-10(12)7-11-8-13(19-16(11)14)15(18)9-5-6-9/h1-4,7-9,15,18H,5-6H2. The van der Waals surface area contributed by atoms with Gasteiger partial charge in [0.15, 0.2) is 0 Å². The number of halogens is 1. The van der Waals surface area contributed by atoms with Crippen LogP contribution in [0, 0.1) is 5.92 Å². The first-order valence-electron chi connectivity index (χ1n) is 6.53. The summed E-state index contributed by atoms with van der Waals surface area (Å²) >= 11 is 3.62. The van der Waals surface area contributed by atoms with Gasteiger partial charge < -0.3 is 9.52 Å². The van der Waals surface area contributed by atoms with Gasteiger partial charge in [-0.1, -0.05) is 24.3 Å². The molecule has 2 nitrogen and oxygen atoms in total. The van der Waals surface area contributed by atoms with Crippen molar-refractivity contribution in [3.8, 4) is 0 Å². The topological polar surface area (TPSA) is 33.4 Å². The molecule has 1 aliphatic rings. The SMILES string of the molecule is OC(c1cc2cc3ccccc3c(Br)c2o1)C1CC1. The van der Waals surface area contributed by atoms with E-state index in [0.29, 0.717) is 11.7 Å². The average molecular weight is 317 g/mol. The van der Waals surface area contributed by atoms with Crippen molar-refractivity contribution in [1.29, 1.82) is 0 Å². The molecule has 0 saturated heterocycles. The summed E-state index contributed by atoms with van der Waals surface area (Å²) in [5.74, 6) is 1.07. The van der Waals surface area contributed by atoms with Gasteiger partial charge in [-0.05, 0) is 57.6 Å². The lowest BCUT2D eigenvalue weighted by Gasteiger charge is -2.03. The summed E-state index contributed by atoms with van der Waals surface area (Å²) in [6.07, 6.45) is 1.74. The summed E-state index contributed by atoms with van der Waals surface area (Å²) in [5.41, 5.74) is 0.827. The van der Waals surface area contributed by atoms with Crippen LogP contribution in [-0.4, -0.2) is 5.11 Å². The maximum atomic E-state index is 10.2. The molecule has 0 amide bonds. The molecule has 4 rings (SSSR count). The summed E-state index contributed by atoms with van der Waals surface area (Å²) < 4.78 is 6.84. The second-order valence-electron chi connectivity index (χ2n) is 5.26. The minimum atomic E-state index is -0.456. The van der Waals surface area contributed by atoms with Gasteiger partial charge in [0, 0.05) is 5.39 Å². The monoisotopic (exact) mass is 316 g/mol. The third-order valence-corrected chi connectivity index (χ3v) is 4.63. The number of benzene rings is 2. The van der Waals surface area contributed by atoms with E-state index in [1.165, 1.54) is 5.39 Å². The molecule has 1 fully saturated rings. The fourth-order valence-electron chi connectivity index (χ4n) is 2.61. The van der Waals surface area contributed by atoms with Crippen LogP contribution in [0.2, 0.25) is 0 Å². The summed E-state index contributed by atoms with van der Waals surface area (Å²) in [5, 5.41) is 13.5. The molecule has 2 aromatic carbocycles.